The van der Waals surface area contributed by atoms with Crippen LogP contribution in [0.1, 0.15) is 43.2 Å². The highest BCUT2D eigenvalue weighted by Gasteiger charge is 2.20. The Hall–Kier alpha value is -4.07. The minimum Gasteiger partial charge on any atom is -0.444 e. The summed E-state index contributed by atoms with van der Waals surface area (Å²) in [5.74, 6) is -0.441. The van der Waals surface area contributed by atoms with Gasteiger partial charge in [-0.2, -0.15) is 0 Å². The number of hydrogen-bond donors (Lipinski definition) is 3. The smallest absolute Gasteiger partial charge is 0.412 e. The van der Waals surface area contributed by atoms with E-state index in [0.717, 1.165) is 44.8 Å². The molecule has 0 atom stereocenters. The van der Waals surface area contributed by atoms with Crippen molar-refractivity contribution in [2.24, 2.45) is 0 Å². The second kappa shape index (κ2) is 14.7. The molecule has 4 rings (SSSR count). The molecule has 2 aromatic heterocycles. The van der Waals surface area contributed by atoms with Crippen LogP contribution >= 0.6 is 11.3 Å². The lowest BCUT2D eigenvalue weighted by Crippen LogP contribution is -2.40. The first kappa shape index (κ1) is 30.9. The highest BCUT2D eigenvalue weighted by Crippen LogP contribution is 2.23. The van der Waals surface area contributed by atoms with Crippen molar-refractivity contribution in [1.29, 1.82) is 0 Å². The van der Waals surface area contributed by atoms with Crippen LogP contribution in [0.5, 0.6) is 0 Å². The average Bonchev–Trinajstić information content (AvgIpc) is 3.46. The van der Waals surface area contributed by atoms with Crippen molar-refractivity contribution in [1.82, 2.24) is 19.8 Å². The van der Waals surface area contributed by atoms with Gasteiger partial charge < -0.3 is 19.7 Å². The van der Waals surface area contributed by atoms with Crippen LogP contribution in [0.25, 0.3) is 0 Å². The van der Waals surface area contributed by atoms with Crippen molar-refractivity contribution in [3.8, 4) is 0 Å². The zero-order valence-electron chi connectivity index (χ0n) is 24.1. The van der Waals surface area contributed by atoms with Crippen LogP contribution in [0.15, 0.2) is 54.2 Å². The highest BCUT2D eigenvalue weighted by molar-refractivity contribution is 7.13. The molecule has 0 saturated carbocycles. The number of benzene rings is 1. The summed E-state index contributed by atoms with van der Waals surface area (Å²) in [7, 11) is 0. The van der Waals surface area contributed by atoms with E-state index in [2.05, 4.69) is 30.8 Å². The Morgan fingerprint density at radius 1 is 1.02 bits per heavy atom. The molecule has 3 aromatic rings. The van der Waals surface area contributed by atoms with Crippen LogP contribution < -0.4 is 16.0 Å². The molecule has 4 amide bonds. The number of hydrogen-bond acceptors (Lipinski definition) is 9. The largest absolute Gasteiger partial charge is 0.444 e. The van der Waals surface area contributed by atoms with Crippen molar-refractivity contribution in [2.45, 2.75) is 39.3 Å². The first-order chi connectivity index (χ1) is 20.2. The summed E-state index contributed by atoms with van der Waals surface area (Å²) in [5, 5.41) is 10.6. The number of aromatic nitrogens is 2. The lowest BCUT2D eigenvalue weighted by molar-refractivity contribution is 0.0365. The summed E-state index contributed by atoms with van der Waals surface area (Å²) in [6, 6.07) is 9.97. The first-order valence-corrected chi connectivity index (χ1v) is 14.6. The van der Waals surface area contributed by atoms with Gasteiger partial charge in [-0.1, -0.05) is 18.2 Å². The van der Waals surface area contributed by atoms with Crippen LogP contribution in [-0.4, -0.2) is 82.8 Å². The number of para-hydroxylation sites is 2. The number of rotatable bonds is 10. The van der Waals surface area contributed by atoms with E-state index in [9.17, 15) is 14.4 Å². The molecule has 1 aromatic carbocycles. The van der Waals surface area contributed by atoms with Crippen molar-refractivity contribution in [2.75, 3.05) is 55.3 Å². The van der Waals surface area contributed by atoms with Gasteiger partial charge in [0.15, 0.2) is 5.13 Å². The van der Waals surface area contributed by atoms with Gasteiger partial charge >= 0.3 is 12.1 Å². The predicted molar refractivity (Wildman–Crippen MR) is 162 cm³/mol. The standard InChI is InChI=1S/C29H37N7O5S/c1-29(2,3)41-28(39)33-23-8-5-4-7-22(23)32-25(37)24-10-9-21(19-31-24)20-36(27(38)34-26-30-11-18-42-26)13-6-12-35-14-16-40-17-15-35/h4-5,7-11,18-19H,6,12-17,20H2,1-3H3,(H,32,37)(H,33,39)(H,30,34,38). The maximum atomic E-state index is 13.1. The van der Waals surface area contributed by atoms with E-state index in [-0.39, 0.29) is 11.7 Å². The first-order valence-electron chi connectivity index (χ1n) is 13.8. The van der Waals surface area contributed by atoms with Gasteiger partial charge in [-0.15, -0.1) is 11.3 Å². The second-order valence-corrected chi connectivity index (χ2v) is 11.6. The van der Waals surface area contributed by atoms with E-state index in [1.54, 1.807) is 79.8 Å². The maximum Gasteiger partial charge on any atom is 0.412 e. The molecular formula is C29H37N7O5S. The Kier molecular flexibility index (Phi) is 10.8. The minimum atomic E-state index is -0.659. The second-order valence-electron chi connectivity index (χ2n) is 10.7. The molecular weight excluding hydrogens is 558 g/mol. The number of carbonyl (C=O) groups is 3. The van der Waals surface area contributed by atoms with E-state index in [4.69, 9.17) is 9.47 Å². The summed E-state index contributed by atoms with van der Waals surface area (Å²) in [6.07, 6.45) is 3.41. The van der Waals surface area contributed by atoms with E-state index in [1.807, 2.05) is 0 Å². The van der Waals surface area contributed by atoms with Crippen molar-refractivity contribution < 1.29 is 23.9 Å². The van der Waals surface area contributed by atoms with Gasteiger partial charge in [0.1, 0.15) is 11.3 Å². The summed E-state index contributed by atoms with van der Waals surface area (Å²) < 4.78 is 10.7. The number of morpholine rings is 1. The molecule has 3 heterocycles. The molecule has 1 aliphatic rings. The van der Waals surface area contributed by atoms with Gasteiger partial charge in [-0.05, 0) is 51.0 Å². The lowest BCUT2D eigenvalue weighted by Gasteiger charge is -2.28. The highest BCUT2D eigenvalue weighted by atomic mass is 32.1. The molecule has 224 valence electrons. The quantitative estimate of drug-likeness (QED) is 0.301. The van der Waals surface area contributed by atoms with Gasteiger partial charge in [0.2, 0.25) is 0 Å². The third-order valence-electron chi connectivity index (χ3n) is 6.18. The molecule has 42 heavy (non-hydrogen) atoms. The monoisotopic (exact) mass is 595 g/mol. The van der Waals surface area contributed by atoms with Gasteiger partial charge in [0.05, 0.1) is 24.6 Å². The Morgan fingerprint density at radius 3 is 2.40 bits per heavy atom. The predicted octanol–water partition coefficient (Wildman–Crippen LogP) is 4.89. The van der Waals surface area contributed by atoms with E-state index in [1.165, 1.54) is 11.3 Å². The Labute approximate surface area is 249 Å². The third-order valence-corrected chi connectivity index (χ3v) is 6.87. The zero-order chi connectivity index (χ0) is 30.0. The number of nitrogens with zero attached hydrogens (tertiary/aromatic N) is 4. The molecule has 3 N–H and O–H groups in total. The van der Waals surface area contributed by atoms with E-state index >= 15 is 0 Å². The topological polar surface area (TPSA) is 138 Å². The van der Waals surface area contributed by atoms with Gasteiger partial charge in [0.25, 0.3) is 5.91 Å². The normalized spacial score (nSPS) is 13.7. The minimum absolute atomic E-state index is 0.192. The number of anilines is 3. The molecule has 12 nitrogen and oxygen atoms in total. The molecule has 1 saturated heterocycles. The van der Waals surface area contributed by atoms with Crippen molar-refractivity contribution >= 4 is 45.9 Å². The number of nitrogens with one attached hydrogen (secondary N) is 3. The summed E-state index contributed by atoms with van der Waals surface area (Å²) in [4.78, 5) is 50.9. The number of amides is 4. The molecule has 1 aliphatic heterocycles. The Balaban J connectivity index is 1.37. The fourth-order valence-corrected chi connectivity index (χ4v) is 4.71. The maximum absolute atomic E-state index is 13.1. The van der Waals surface area contributed by atoms with E-state index in [0.29, 0.717) is 29.6 Å². The molecule has 0 bridgehead atoms. The molecule has 1 fully saturated rings. The zero-order valence-corrected chi connectivity index (χ0v) is 24.9. The number of urea groups is 1. The average molecular weight is 596 g/mol. The van der Waals surface area contributed by atoms with Gasteiger partial charge in [-0.3, -0.25) is 25.3 Å². The van der Waals surface area contributed by atoms with Crippen molar-refractivity contribution in [3.63, 3.8) is 0 Å². The van der Waals surface area contributed by atoms with Crippen LogP contribution in [0.4, 0.5) is 26.1 Å². The van der Waals surface area contributed by atoms with Crippen molar-refractivity contribution in [3.05, 3.63) is 65.4 Å². The molecule has 0 unspecified atom stereocenters. The van der Waals surface area contributed by atoms with Crippen LogP contribution in [0, 0.1) is 0 Å². The number of pyridine rings is 1. The number of thiazole rings is 1. The Morgan fingerprint density at radius 2 is 1.76 bits per heavy atom. The number of ether oxygens (including phenoxy) is 2. The number of carbonyl (C=O) groups excluding carboxylic acids is 3. The van der Waals surface area contributed by atoms with Crippen LogP contribution in [0.2, 0.25) is 0 Å². The molecule has 0 aliphatic carbocycles. The fraction of sp³-hybridized carbons (Fsp3) is 0.414. The third kappa shape index (κ3) is 9.79. The molecule has 0 spiro atoms. The van der Waals surface area contributed by atoms with Gasteiger partial charge in [0, 0.05) is 50.5 Å². The van der Waals surface area contributed by atoms with Gasteiger partial charge in [-0.25, -0.2) is 14.6 Å². The summed E-state index contributed by atoms with van der Waals surface area (Å²) >= 11 is 1.35. The lowest BCUT2D eigenvalue weighted by atomic mass is 10.2. The fourth-order valence-electron chi connectivity index (χ4n) is 4.19. The molecule has 13 heteroatoms. The summed E-state index contributed by atoms with van der Waals surface area (Å²) in [5.41, 5.74) is 1.12. The summed E-state index contributed by atoms with van der Waals surface area (Å²) in [6.45, 7) is 10.3. The SMILES string of the molecule is CC(C)(C)OC(=O)Nc1ccccc1NC(=O)c1ccc(CN(CCCN2CCOCC2)C(=O)Nc2nccs2)cn1. The van der Waals surface area contributed by atoms with Crippen LogP contribution in [0.3, 0.4) is 0 Å². The van der Waals surface area contributed by atoms with E-state index < -0.39 is 17.6 Å². The van der Waals surface area contributed by atoms with Crippen LogP contribution in [-0.2, 0) is 16.0 Å². The Bertz CT molecular complexity index is 1320. The molecule has 0 radical (unpaired) electrons.